The van der Waals surface area contributed by atoms with E-state index in [1.807, 2.05) is 36.1 Å². The number of piperazine rings is 1. The Bertz CT molecular complexity index is 743. The molecule has 7 nitrogen and oxygen atoms in total. The van der Waals surface area contributed by atoms with Crippen LogP contribution in [0.15, 0.2) is 42.6 Å². The number of hydrogen-bond acceptors (Lipinski definition) is 5. The molecule has 1 aliphatic rings. The Labute approximate surface area is 159 Å². The summed E-state index contributed by atoms with van der Waals surface area (Å²) in [6.45, 7) is 5.98. The van der Waals surface area contributed by atoms with Gasteiger partial charge in [-0.25, -0.2) is 9.78 Å². The molecule has 1 aromatic heterocycles. The summed E-state index contributed by atoms with van der Waals surface area (Å²) < 4.78 is 10.8. The van der Waals surface area contributed by atoms with Gasteiger partial charge in [-0.3, -0.25) is 0 Å². The van der Waals surface area contributed by atoms with E-state index in [0.29, 0.717) is 32.1 Å². The van der Waals surface area contributed by atoms with Crippen LogP contribution in [0.5, 0.6) is 11.6 Å². The number of nitrogens with zero attached hydrogens (tertiary/aromatic N) is 3. The van der Waals surface area contributed by atoms with Gasteiger partial charge in [0.15, 0.2) is 0 Å². The highest BCUT2D eigenvalue weighted by Crippen LogP contribution is 2.28. The lowest BCUT2D eigenvalue weighted by molar-refractivity contribution is 0.194. The van der Waals surface area contributed by atoms with Crippen LogP contribution in [0.4, 0.5) is 10.5 Å². The monoisotopic (exact) mass is 370 g/mol. The van der Waals surface area contributed by atoms with Crippen LogP contribution in [0.3, 0.4) is 0 Å². The normalized spacial score (nSPS) is 14.0. The Balaban J connectivity index is 1.50. The third-order valence-electron chi connectivity index (χ3n) is 4.52. The van der Waals surface area contributed by atoms with Gasteiger partial charge in [0.05, 0.1) is 19.4 Å². The van der Waals surface area contributed by atoms with Gasteiger partial charge in [-0.15, -0.1) is 0 Å². The fourth-order valence-corrected chi connectivity index (χ4v) is 3.07. The first kappa shape index (κ1) is 18.8. The molecular formula is C20H26N4O3. The highest BCUT2D eigenvalue weighted by molar-refractivity contribution is 5.74. The SMILES string of the molecule is CCOc1ccccc1N1CCN(C(=O)NCc2ccc(OC)nc2)CC1. The number of rotatable bonds is 6. The molecule has 1 aromatic carbocycles. The number of methoxy groups -OCH3 is 1. The van der Waals surface area contributed by atoms with Gasteiger partial charge in [0, 0.05) is 45.0 Å². The van der Waals surface area contributed by atoms with E-state index in [4.69, 9.17) is 9.47 Å². The van der Waals surface area contributed by atoms with E-state index in [9.17, 15) is 4.79 Å². The first-order chi connectivity index (χ1) is 13.2. The number of carbonyl (C=O) groups excluding carboxylic acids is 1. The predicted molar refractivity (Wildman–Crippen MR) is 104 cm³/mol. The first-order valence-corrected chi connectivity index (χ1v) is 9.19. The van der Waals surface area contributed by atoms with E-state index >= 15 is 0 Å². The van der Waals surface area contributed by atoms with Crippen LogP contribution in [0.25, 0.3) is 0 Å². The number of ether oxygens (including phenoxy) is 2. The summed E-state index contributed by atoms with van der Waals surface area (Å²) in [7, 11) is 1.58. The van der Waals surface area contributed by atoms with Crippen molar-refractivity contribution in [1.82, 2.24) is 15.2 Å². The second-order valence-corrected chi connectivity index (χ2v) is 6.24. The van der Waals surface area contributed by atoms with Crippen LogP contribution in [0.1, 0.15) is 12.5 Å². The molecule has 2 heterocycles. The van der Waals surface area contributed by atoms with Gasteiger partial charge in [0.2, 0.25) is 5.88 Å². The standard InChI is InChI=1S/C20H26N4O3/c1-3-27-18-7-5-4-6-17(18)23-10-12-24(13-11-23)20(25)22-15-16-8-9-19(26-2)21-14-16/h4-9,14H,3,10-13,15H2,1-2H3,(H,22,25). The summed E-state index contributed by atoms with van der Waals surface area (Å²) in [6.07, 6.45) is 1.71. The van der Waals surface area contributed by atoms with Crippen LogP contribution in [0.2, 0.25) is 0 Å². The lowest BCUT2D eigenvalue weighted by Gasteiger charge is -2.36. The number of amides is 2. The van der Waals surface area contributed by atoms with Crippen molar-refractivity contribution < 1.29 is 14.3 Å². The zero-order chi connectivity index (χ0) is 19.1. The molecule has 1 N–H and O–H groups in total. The van der Waals surface area contributed by atoms with Crippen molar-refractivity contribution in [2.45, 2.75) is 13.5 Å². The zero-order valence-electron chi connectivity index (χ0n) is 15.9. The molecule has 0 saturated carbocycles. The molecule has 1 aliphatic heterocycles. The molecule has 7 heteroatoms. The number of benzene rings is 1. The molecule has 0 radical (unpaired) electrons. The van der Waals surface area contributed by atoms with Gasteiger partial charge in [-0.1, -0.05) is 18.2 Å². The third kappa shape index (κ3) is 4.81. The second kappa shape index (κ2) is 9.12. The molecule has 2 amide bonds. The Morgan fingerprint density at radius 2 is 1.93 bits per heavy atom. The number of nitrogens with one attached hydrogen (secondary N) is 1. The van der Waals surface area contributed by atoms with Crippen molar-refractivity contribution in [3.63, 3.8) is 0 Å². The predicted octanol–water partition coefficient (Wildman–Crippen LogP) is 2.52. The number of pyridine rings is 1. The van der Waals surface area contributed by atoms with Crippen molar-refractivity contribution in [2.24, 2.45) is 0 Å². The minimum atomic E-state index is -0.0523. The van der Waals surface area contributed by atoms with Gasteiger partial charge in [0.1, 0.15) is 5.75 Å². The summed E-state index contributed by atoms with van der Waals surface area (Å²) in [5.41, 5.74) is 2.03. The summed E-state index contributed by atoms with van der Waals surface area (Å²) in [6, 6.07) is 11.7. The zero-order valence-corrected chi connectivity index (χ0v) is 15.9. The average Bonchev–Trinajstić information content (AvgIpc) is 2.73. The maximum absolute atomic E-state index is 12.4. The average molecular weight is 370 g/mol. The van der Waals surface area contributed by atoms with Gasteiger partial charge in [-0.2, -0.15) is 0 Å². The topological polar surface area (TPSA) is 66.9 Å². The van der Waals surface area contributed by atoms with E-state index in [1.54, 1.807) is 19.4 Å². The van der Waals surface area contributed by atoms with Gasteiger partial charge in [0.25, 0.3) is 0 Å². The third-order valence-corrected chi connectivity index (χ3v) is 4.52. The van der Waals surface area contributed by atoms with Crippen molar-refractivity contribution >= 4 is 11.7 Å². The first-order valence-electron chi connectivity index (χ1n) is 9.19. The lowest BCUT2D eigenvalue weighted by atomic mass is 10.2. The van der Waals surface area contributed by atoms with Gasteiger partial charge < -0.3 is 24.6 Å². The maximum atomic E-state index is 12.4. The quantitative estimate of drug-likeness (QED) is 0.846. The number of urea groups is 1. The molecule has 0 unspecified atom stereocenters. The Morgan fingerprint density at radius 1 is 1.15 bits per heavy atom. The van der Waals surface area contributed by atoms with E-state index in [-0.39, 0.29) is 6.03 Å². The van der Waals surface area contributed by atoms with Crippen LogP contribution in [-0.4, -0.2) is 55.8 Å². The minimum Gasteiger partial charge on any atom is -0.492 e. The van der Waals surface area contributed by atoms with Gasteiger partial charge in [-0.05, 0) is 24.6 Å². The number of anilines is 1. The second-order valence-electron chi connectivity index (χ2n) is 6.24. The summed E-state index contributed by atoms with van der Waals surface area (Å²) >= 11 is 0. The van der Waals surface area contributed by atoms with Crippen molar-refractivity contribution in [3.05, 3.63) is 48.2 Å². The number of hydrogen-bond donors (Lipinski definition) is 1. The summed E-state index contributed by atoms with van der Waals surface area (Å²) in [5, 5.41) is 2.96. The molecule has 1 fully saturated rings. The van der Waals surface area contributed by atoms with Crippen LogP contribution < -0.4 is 19.7 Å². The van der Waals surface area contributed by atoms with Crippen molar-refractivity contribution in [3.8, 4) is 11.6 Å². The smallest absolute Gasteiger partial charge is 0.317 e. The van der Waals surface area contributed by atoms with Crippen LogP contribution >= 0.6 is 0 Å². The number of aromatic nitrogens is 1. The number of para-hydroxylation sites is 2. The van der Waals surface area contributed by atoms with Gasteiger partial charge >= 0.3 is 6.03 Å². The Hall–Kier alpha value is -2.96. The molecule has 0 atom stereocenters. The molecule has 0 aliphatic carbocycles. The van der Waals surface area contributed by atoms with E-state index < -0.39 is 0 Å². The van der Waals surface area contributed by atoms with Crippen molar-refractivity contribution in [1.29, 1.82) is 0 Å². The van der Waals surface area contributed by atoms with E-state index in [2.05, 4.69) is 21.3 Å². The Morgan fingerprint density at radius 3 is 2.59 bits per heavy atom. The summed E-state index contributed by atoms with van der Waals surface area (Å²) in [5.74, 6) is 1.46. The van der Waals surface area contributed by atoms with Crippen LogP contribution in [-0.2, 0) is 6.54 Å². The van der Waals surface area contributed by atoms with E-state index in [1.165, 1.54) is 0 Å². The highest BCUT2D eigenvalue weighted by Gasteiger charge is 2.22. The maximum Gasteiger partial charge on any atom is 0.317 e. The molecule has 0 bridgehead atoms. The lowest BCUT2D eigenvalue weighted by Crippen LogP contribution is -2.51. The minimum absolute atomic E-state index is 0.0523. The highest BCUT2D eigenvalue weighted by atomic mass is 16.5. The molecule has 3 rings (SSSR count). The molecule has 144 valence electrons. The number of carbonyl (C=O) groups is 1. The molecule has 27 heavy (non-hydrogen) atoms. The summed E-state index contributed by atoms with van der Waals surface area (Å²) in [4.78, 5) is 20.7. The fourth-order valence-electron chi connectivity index (χ4n) is 3.07. The molecule has 0 spiro atoms. The fraction of sp³-hybridized carbons (Fsp3) is 0.400. The molecule has 1 saturated heterocycles. The van der Waals surface area contributed by atoms with E-state index in [0.717, 1.165) is 30.1 Å². The Kier molecular flexibility index (Phi) is 6.35. The molecule has 2 aromatic rings. The molecular weight excluding hydrogens is 344 g/mol. The van der Waals surface area contributed by atoms with Crippen LogP contribution in [0, 0.1) is 0 Å². The largest absolute Gasteiger partial charge is 0.492 e. The van der Waals surface area contributed by atoms with Crippen molar-refractivity contribution in [2.75, 3.05) is 44.8 Å².